The van der Waals surface area contributed by atoms with Crippen LogP contribution >= 0.6 is 11.6 Å². The molecule has 1 atom stereocenters. The van der Waals surface area contributed by atoms with E-state index < -0.39 is 17.3 Å². The van der Waals surface area contributed by atoms with Crippen LogP contribution in [0.2, 0.25) is 5.02 Å². The highest BCUT2D eigenvalue weighted by atomic mass is 35.5. The van der Waals surface area contributed by atoms with Crippen LogP contribution in [0.25, 0.3) is 0 Å². The molecule has 2 N–H and O–H groups in total. The Labute approximate surface area is 125 Å². The fourth-order valence-corrected chi connectivity index (χ4v) is 2.51. The van der Waals surface area contributed by atoms with Gasteiger partial charge >= 0.3 is 0 Å². The molecule has 2 heterocycles. The average molecular weight is 303 g/mol. The molecule has 1 unspecified atom stereocenters. The number of aromatic nitrogens is 1. The number of pyridine rings is 1. The minimum Gasteiger partial charge on any atom is -0.375 e. The lowest BCUT2D eigenvalue weighted by atomic mass is 9.89. The van der Waals surface area contributed by atoms with Crippen molar-refractivity contribution in [2.75, 3.05) is 5.32 Å². The van der Waals surface area contributed by atoms with E-state index in [2.05, 4.69) is 10.3 Å². The van der Waals surface area contributed by atoms with Crippen molar-refractivity contribution in [1.29, 1.82) is 0 Å². The maximum absolute atomic E-state index is 12.2. The summed E-state index contributed by atoms with van der Waals surface area (Å²) in [6.07, 6.45) is 1.10. The van der Waals surface area contributed by atoms with E-state index in [-0.39, 0.29) is 12.1 Å². The molecule has 1 aliphatic heterocycles. The Morgan fingerprint density at radius 2 is 2.14 bits per heavy atom. The van der Waals surface area contributed by atoms with Gasteiger partial charge in [0.25, 0.3) is 5.91 Å². The number of anilines is 1. The Hall–Kier alpha value is -2.24. The summed E-state index contributed by atoms with van der Waals surface area (Å²) >= 11 is 5.90. The molecule has 0 saturated heterocycles. The van der Waals surface area contributed by atoms with E-state index >= 15 is 0 Å². The molecule has 0 spiro atoms. The Bertz CT molecular complexity index is 733. The SMILES string of the molecule is O=C(CC1(O)C(=O)Nc2ccc(Cl)cc21)c1ccccn1. The van der Waals surface area contributed by atoms with Crippen molar-refractivity contribution in [1.82, 2.24) is 4.98 Å². The normalized spacial score (nSPS) is 20.0. The van der Waals surface area contributed by atoms with E-state index in [1.54, 1.807) is 24.3 Å². The predicted molar refractivity (Wildman–Crippen MR) is 77.2 cm³/mol. The quantitative estimate of drug-likeness (QED) is 0.851. The number of aliphatic hydroxyl groups is 1. The van der Waals surface area contributed by atoms with Crippen molar-refractivity contribution in [2.45, 2.75) is 12.0 Å². The third-order valence-electron chi connectivity index (χ3n) is 3.42. The Morgan fingerprint density at radius 3 is 2.86 bits per heavy atom. The minimum atomic E-state index is -1.92. The molecule has 0 fully saturated rings. The molecule has 21 heavy (non-hydrogen) atoms. The summed E-state index contributed by atoms with van der Waals surface area (Å²) in [5, 5.41) is 13.6. The van der Waals surface area contributed by atoms with Gasteiger partial charge in [0, 0.05) is 22.5 Å². The molecule has 5 nitrogen and oxygen atoms in total. The number of benzene rings is 1. The fraction of sp³-hybridized carbons (Fsp3) is 0.133. The van der Waals surface area contributed by atoms with Crippen LogP contribution in [0.1, 0.15) is 22.5 Å². The summed E-state index contributed by atoms with van der Waals surface area (Å²) in [5.41, 5.74) is -0.950. The van der Waals surface area contributed by atoms with Gasteiger partial charge in [-0.2, -0.15) is 0 Å². The largest absolute Gasteiger partial charge is 0.375 e. The molecule has 0 saturated carbocycles. The van der Waals surface area contributed by atoms with Crippen molar-refractivity contribution < 1.29 is 14.7 Å². The highest BCUT2D eigenvalue weighted by Gasteiger charge is 2.47. The van der Waals surface area contributed by atoms with Gasteiger partial charge in [-0.15, -0.1) is 0 Å². The fourth-order valence-electron chi connectivity index (χ4n) is 2.34. The second kappa shape index (κ2) is 4.95. The standard InChI is InChI=1S/C15H11ClN2O3/c16-9-4-5-11-10(7-9)15(21,14(20)18-11)8-13(19)12-3-1-2-6-17-12/h1-7,21H,8H2,(H,18,20). The van der Waals surface area contributed by atoms with E-state index in [9.17, 15) is 14.7 Å². The number of nitrogens with zero attached hydrogens (tertiary/aromatic N) is 1. The summed E-state index contributed by atoms with van der Waals surface area (Å²) in [5.74, 6) is -1.05. The molecule has 2 aromatic rings. The van der Waals surface area contributed by atoms with Crippen molar-refractivity contribution >= 4 is 29.0 Å². The van der Waals surface area contributed by atoms with Gasteiger partial charge in [0.15, 0.2) is 11.4 Å². The Morgan fingerprint density at radius 1 is 1.33 bits per heavy atom. The van der Waals surface area contributed by atoms with Crippen molar-refractivity contribution in [2.24, 2.45) is 0 Å². The second-order valence-electron chi connectivity index (χ2n) is 4.82. The van der Waals surface area contributed by atoms with Crippen LogP contribution in [-0.4, -0.2) is 21.8 Å². The molecule has 3 rings (SSSR count). The van der Waals surface area contributed by atoms with Gasteiger partial charge in [-0.05, 0) is 30.3 Å². The maximum atomic E-state index is 12.2. The molecule has 0 radical (unpaired) electrons. The van der Waals surface area contributed by atoms with Crippen molar-refractivity contribution in [3.8, 4) is 0 Å². The minimum absolute atomic E-state index is 0.203. The van der Waals surface area contributed by atoms with Gasteiger partial charge in [0.1, 0.15) is 5.69 Å². The van der Waals surface area contributed by atoms with Crippen LogP contribution in [0.5, 0.6) is 0 Å². The lowest BCUT2D eigenvalue weighted by Gasteiger charge is -2.19. The monoisotopic (exact) mass is 302 g/mol. The third-order valence-corrected chi connectivity index (χ3v) is 3.65. The topological polar surface area (TPSA) is 79.3 Å². The number of halogens is 1. The lowest BCUT2D eigenvalue weighted by molar-refractivity contribution is -0.133. The number of ketones is 1. The zero-order chi connectivity index (χ0) is 15.0. The van der Waals surface area contributed by atoms with Gasteiger partial charge in [0.05, 0.1) is 6.42 Å². The predicted octanol–water partition coefficient (Wildman–Crippen LogP) is 2.15. The van der Waals surface area contributed by atoms with Gasteiger partial charge < -0.3 is 10.4 Å². The highest BCUT2D eigenvalue weighted by Crippen LogP contribution is 2.40. The zero-order valence-electron chi connectivity index (χ0n) is 10.8. The number of nitrogens with one attached hydrogen (secondary N) is 1. The van der Waals surface area contributed by atoms with Crippen LogP contribution in [0.4, 0.5) is 5.69 Å². The van der Waals surface area contributed by atoms with E-state index in [0.717, 1.165) is 0 Å². The van der Waals surface area contributed by atoms with Crippen LogP contribution in [0.15, 0.2) is 42.6 Å². The molecular weight excluding hydrogens is 292 g/mol. The molecule has 1 aliphatic rings. The summed E-state index contributed by atoms with van der Waals surface area (Å²) in [7, 11) is 0. The van der Waals surface area contributed by atoms with Gasteiger partial charge in [0.2, 0.25) is 0 Å². The molecule has 1 amide bonds. The van der Waals surface area contributed by atoms with Crippen LogP contribution in [0.3, 0.4) is 0 Å². The molecule has 0 aliphatic carbocycles. The molecule has 1 aromatic heterocycles. The molecule has 1 aromatic carbocycles. The lowest BCUT2D eigenvalue weighted by Crippen LogP contribution is -2.36. The number of hydrogen-bond donors (Lipinski definition) is 2. The van der Waals surface area contributed by atoms with Crippen molar-refractivity contribution in [3.63, 3.8) is 0 Å². The zero-order valence-corrected chi connectivity index (χ0v) is 11.6. The third kappa shape index (κ3) is 2.30. The number of carbonyl (C=O) groups is 2. The first-order valence-corrected chi connectivity index (χ1v) is 6.66. The average Bonchev–Trinajstić information content (AvgIpc) is 2.72. The van der Waals surface area contributed by atoms with E-state index in [1.807, 2.05) is 0 Å². The summed E-state index contributed by atoms with van der Waals surface area (Å²) in [6.45, 7) is 0. The highest BCUT2D eigenvalue weighted by molar-refractivity contribution is 6.31. The number of amides is 1. The molecular formula is C15H11ClN2O3. The van der Waals surface area contributed by atoms with Crippen LogP contribution in [0, 0.1) is 0 Å². The van der Waals surface area contributed by atoms with Gasteiger partial charge in [-0.1, -0.05) is 17.7 Å². The summed E-state index contributed by atoms with van der Waals surface area (Å²) < 4.78 is 0. The van der Waals surface area contributed by atoms with Crippen molar-refractivity contribution in [3.05, 3.63) is 58.9 Å². The summed E-state index contributed by atoms with van der Waals surface area (Å²) in [6, 6.07) is 9.58. The number of hydrogen-bond acceptors (Lipinski definition) is 4. The number of fused-ring (bicyclic) bond motifs is 1. The van der Waals surface area contributed by atoms with Crippen LogP contribution < -0.4 is 5.32 Å². The Kier molecular flexibility index (Phi) is 3.23. The van der Waals surface area contributed by atoms with E-state index in [4.69, 9.17) is 11.6 Å². The van der Waals surface area contributed by atoms with E-state index in [0.29, 0.717) is 16.3 Å². The Balaban J connectivity index is 1.97. The van der Waals surface area contributed by atoms with Crippen LogP contribution in [-0.2, 0) is 10.4 Å². The number of rotatable bonds is 3. The first-order valence-electron chi connectivity index (χ1n) is 6.29. The maximum Gasteiger partial charge on any atom is 0.261 e. The van der Waals surface area contributed by atoms with Gasteiger partial charge in [-0.25, -0.2) is 0 Å². The molecule has 106 valence electrons. The summed E-state index contributed by atoms with van der Waals surface area (Å²) in [4.78, 5) is 28.2. The van der Waals surface area contributed by atoms with E-state index in [1.165, 1.54) is 18.3 Å². The van der Waals surface area contributed by atoms with Gasteiger partial charge in [-0.3, -0.25) is 14.6 Å². The first kappa shape index (κ1) is 13.7. The number of carbonyl (C=O) groups excluding carboxylic acids is 2. The number of Topliss-reactive ketones (excluding diaryl/α,β-unsaturated/α-hetero) is 1. The first-order chi connectivity index (χ1) is 10.0. The molecule has 6 heteroatoms. The molecule has 0 bridgehead atoms. The second-order valence-corrected chi connectivity index (χ2v) is 5.26. The smallest absolute Gasteiger partial charge is 0.261 e.